The smallest absolute Gasteiger partial charge is 0.326 e. The lowest BCUT2D eigenvalue weighted by molar-refractivity contribution is -0.148. The molecule has 2 N–H and O–H groups in total. The van der Waals surface area contributed by atoms with Gasteiger partial charge in [0.05, 0.1) is 6.54 Å². The highest BCUT2D eigenvalue weighted by atomic mass is 19.4. The number of carbonyl (C=O) groups excluding carboxylic acids is 2. The first-order valence-corrected chi connectivity index (χ1v) is 7.45. The van der Waals surface area contributed by atoms with E-state index in [1.165, 1.54) is 16.7 Å². The van der Waals surface area contributed by atoms with Crippen LogP contribution in [0.5, 0.6) is 0 Å². The van der Waals surface area contributed by atoms with Crippen molar-refractivity contribution in [3.8, 4) is 0 Å². The third kappa shape index (κ3) is 5.73. The van der Waals surface area contributed by atoms with E-state index in [1.54, 1.807) is 24.3 Å². The number of hydrogen-bond acceptors (Lipinski definition) is 3. The number of alkyl halides is 3. The van der Waals surface area contributed by atoms with Gasteiger partial charge in [-0.15, -0.1) is 0 Å². The molecule has 2 rings (SSSR count). The molecule has 132 valence electrons. The van der Waals surface area contributed by atoms with Crippen molar-refractivity contribution in [2.45, 2.75) is 13.1 Å². The van der Waals surface area contributed by atoms with Crippen molar-refractivity contribution in [2.24, 2.45) is 0 Å². The Morgan fingerprint density at radius 3 is 2.21 bits per heavy atom. The number of nitrogens with one attached hydrogen (secondary N) is 2. The quantitative estimate of drug-likeness (QED) is 0.885. The third-order valence-electron chi connectivity index (χ3n) is 3.50. The summed E-state index contributed by atoms with van der Waals surface area (Å²) in [5.74, 6) is -0.223. The molecule has 24 heavy (non-hydrogen) atoms. The molecule has 3 amide bonds. The Bertz CT molecular complexity index is 599. The number of amides is 3. The van der Waals surface area contributed by atoms with E-state index in [-0.39, 0.29) is 38.1 Å². The van der Waals surface area contributed by atoms with Crippen molar-refractivity contribution in [2.75, 3.05) is 43.4 Å². The van der Waals surface area contributed by atoms with E-state index in [2.05, 4.69) is 10.6 Å². The van der Waals surface area contributed by atoms with Crippen molar-refractivity contribution >= 4 is 23.3 Å². The summed E-state index contributed by atoms with van der Waals surface area (Å²) in [4.78, 5) is 26.0. The Morgan fingerprint density at radius 2 is 1.67 bits per heavy atom. The van der Waals surface area contributed by atoms with Crippen LogP contribution in [-0.2, 0) is 4.79 Å². The van der Waals surface area contributed by atoms with Crippen LogP contribution in [0.15, 0.2) is 24.3 Å². The van der Waals surface area contributed by atoms with Gasteiger partial charge in [-0.2, -0.15) is 13.2 Å². The average Bonchev–Trinajstić information content (AvgIpc) is 2.46. The second-order valence-corrected chi connectivity index (χ2v) is 5.57. The van der Waals surface area contributed by atoms with Crippen LogP contribution in [0.4, 0.5) is 29.3 Å². The number of anilines is 2. The monoisotopic (exact) mass is 344 g/mol. The summed E-state index contributed by atoms with van der Waals surface area (Å²) in [6, 6.07) is 6.28. The Morgan fingerprint density at radius 1 is 1.08 bits per heavy atom. The summed E-state index contributed by atoms with van der Waals surface area (Å²) in [5.41, 5.74) is 1.05. The summed E-state index contributed by atoms with van der Waals surface area (Å²) >= 11 is 0. The first-order chi connectivity index (χ1) is 11.2. The van der Waals surface area contributed by atoms with Gasteiger partial charge in [-0.1, -0.05) is 6.07 Å². The van der Waals surface area contributed by atoms with Crippen molar-refractivity contribution in [1.29, 1.82) is 0 Å². The predicted molar refractivity (Wildman–Crippen MR) is 83.8 cm³/mol. The number of halogens is 3. The minimum atomic E-state index is -4.23. The van der Waals surface area contributed by atoms with Gasteiger partial charge in [-0.05, 0) is 18.2 Å². The number of carbonyl (C=O) groups is 2. The Hall–Kier alpha value is -2.29. The van der Waals surface area contributed by atoms with Crippen LogP contribution in [0.2, 0.25) is 0 Å². The zero-order valence-corrected chi connectivity index (χ0v) is 13.2. The van der Waals surface area contributed by atoms with E-state index in [1.807, 2.05) is 0 Å². The van der Waals surface area contributed by atoms with E-state index in [0.29, 0.717) is 11.4 Å². The van der Waals surface area contributed by atoms with E-state index < -0.39 is 12.7 Å². The van der Waals surface area contributed by atoms with Crippen LogP contribution >= 0.6 is 0 Å². The predicted octanol–water partition coefficient (Wildman–Crippen LogP) is 2.36. The zero-order valence-electron chi connectivity index (χ0n) is 13.2. The van der Waals surface area contributed by atoms with Gasteiger partial charge in [0.1, 0.15) is 0 Å². The molecule has 9 heteroatoms. The molecule has 1 fully saturated rings. The van der Waals surface area contributed by atoms with Crippen molar-refractivity contribution < 1.29 is 22.8 Å². The minimum Gasteiger partial charge on any atom is -0.326 e. The van der Waals surface area contributed by atoms with Gasteiger partial charge in [0.2, 0.25) is 5.91 Å². The highest BCUT2D eigenvalue weighted by Crippen LogP contribution is 2.18. The molecule has 0 bridgehead atoms. The molecule has 1 aromatic rings. The molecule has 1 aliphatic heterocycles. The zero-order chi connectivity index (χ0) is 17.7. The molecule has 6 nitrogen and oxygen atoms in total. The first kappa shape index (κ1) is 18.1. The standard InChI is InChI=1S/C15H19F3N4O2/c1-11(23)19-12-3-2-4-13(9-12)20-14(24)22-7-5-21(6-8-22)10-15(16,17)18/h2-4,9H,5-8,10H2,1H3,(H,19,23)(H,20,24). The molecular weight excluding hydrogens is 325 g/mol. The summed E-state index contributed by atoms with van der Waals surface area (Å²) < 4.78 is 37.0. The fourth-order valence-corrected chi connectivity index (χ4v) is 2.44. The number of urea groups is 1. The molecule has 0 spiro atoms. The van der Waals surface area contributed by atoms with E-state index in [9.17, 15) is 22.8 Å². The maximum atomic E-state index is 12.3. The lowest BCUT2D eigenvalue weighted by atomic mass is 10.2. The first-order valence-electron chi connectivity index (χ1n) is 7.45. The fourth-order valence-electron chi connectivity index (χ4n) is 2.44. The Labute approximate surface area is 137 Å². The molecule has 0 aliphatic carbocycles. The summed E-state index contributed by atoms with van der Waals surface area (Å²) in [6.45, 7) is 1.24. The van der Waals surface area contributed by atoms with Gasteiger partial charge < -0.3 is 15.5 Å². The van der Waals surface area contributed by atoms with Crippen LogP contribution in [0.3, 0.4) is 0 Å². The largest absolute Gasteiger partial charge is 0.401 e. The minimum absolute atomic E-state index is 0.179. The van der Waals surface area contributed by atoms with Crippen LogP contribution in [0.1, 0.15) is 6.92 Å². The van der Waals surface area contributed by atoms with E-state index in [0.717, 1.165) is 0 Å². The van der Waals surface area contributed by atoms with Gasteiger partial charge in [0, 0.05) is 44.5 Å². The maximum absolute atomic E-state index is 12.3. The second kappa shape index (κ2) is 7.52. The molecular formula is C15H19F3N4O2. The summed E-state index contributed by atoms with van der Waals surface area (Å²) in [7, 11) is 0. The van der Waals surface area contributed by atoms with Crippen molar-refractivity contribution in [1.82, 2.24) is 9.80 Å². The number of piperazine rings is 1. The van der Waals surface area contributed by atoms with Crippen LogP contribution in [0, 0.1) is 0 Å². The van der Waals surface area contributed by atoms with Crippen LogP contribution < -0.4 is 10.6 Å². The molecule has 0 atom stereocenters. The second-order valence-electron chi connectivity index (χ2n) is 5.57. The van der Waals surface area contributed by atoms with Gasteiger partial charge in [-0.25, -0.2) is 4.79 Å². The molecule has 0 unspecified atom stereocenters. The Kier molecular flexibility index (Phi) is 5.66. The molecule has 1 aromatic carbocycles. The fraction of sp³-hybridized carbons (Fsp3) is 0.467. The van der Waals surface area contributed by atoms with E-state index >= 15 is 0 Å². The molecule has 1 aliphatic rings. The Balaban J connectivity index is 1.86. The molecule has 1 heterocycles. The summed E-state index contributed by atoms with van der Waals surface area (Å²) in [6.07, 6.45) is -4.23. The third-order valence-corrected chi connectivity index (χ3v) is 3.50. The van der Waals surface area contributed by atoms with E-state index in [4.69, 9.17) is 0 Å². The van der Waals surface area contributed by atoms with Gasteiger partial charge in [0.25, 0.3) is 0 Å². The number of nitrogens with zero attached hydrogens (tertiary/aromatic N) is 2. The summed E-state index contributed by atoms with van der Waals surface area (Å²) in [5, 5.41) is 5.29. The number of hydrogen-bond donors (Lipinski definition) is 2. The molecule has 0 aromatic heterocycles. The maximum Gasteiger partial charge on any atom is 0.401 e. The lowest BCUT2D eigenvalue weighted by Crippen LogP contribution is -2.51. The van der Waals surface area contributed by atoms with Gasteiger partial charge in [-0.3, -0.25) is 9.69 Å². The van der Waals surface area contributed by atoms with Gasteiger partial charge in [0.15, 0.2) is 0 Å². The average molecular weight is 344 g/mol. The highest BCUT2D eigenvalue weighted by molar-refractivity contribution is 5.92. The molecule has 0 radical (unpaired) electrons. The topological polar surface area (TPSA) is 64.7 Å². The lowest BCUT2D eigenvalue weighted by Gasteiger charge is -2.34. The SMILES string of the molecule is CC(=O)Nc1cccc(NC(=O)N2CCN(CC(F)(F)F)CC2)c1. The van der Waals surface area contributed by atoms with Crippen molar-refractivity contribution in [3.05, 3.63) is 24.3 Å². The number of benzene rings is 1. The normalized spacial score (nSPS) is 15.9. The van der Waals surface area contributed by atoms with Crippen LogP contribution in [0.25, 0.3) is 0 Å². The molecule has 0 saturated carbocycles. The molecule has 1 saturated heterocycles. The van der Waals surface area contributed by atoms with Crippen LogP contribution in [-0.4, -0.2) is 60.6 Å². The van der Waals surface area contributed by atoms with Gasteiger partial charge >= 0.3 is 12.2 Å². The number of rotatable bonds is 3. The highest BCUT2D eigenvalue weighted by Gasteiger charge is 2.32. The van der Waals surface area contributed by atoms with Crippen molar-refractivity contribution in [3.63, 3.8) is 0 Å².